The van der Waals surface area contributed by atoms with Crippen molar-refractivity contribution in [2.75, 3.05) is 6.61 Å². The van der Waals surface area contributed by atoms with Crippen LogP contribution in [0.4, 0.5) is 0 Å². The maximum Gasteiger partial charge on any atom is 0.220 e. The smallest absolute Gasteiger partial charge is 0.220 e. The van der Waals surface area contributed by atoms with Gasteiger partial charge in [0.1, 0.15) is 0 Å². The van der Waals surface area contributed by atoms with Gasteiger partial charge in [0.2, 0.25) is 5.91 Å². The van der Waals surface area contributed by atoms with Crippen LogP contribution in [0, 0.1) is 0 Å². The van der Waals surface area contributed by atoms with Crippen LogP contribution in [0.25, 0.3) is 0 Å². The zero-order valence-electron chi connectivity index (χ0n) is 36.5. The van der Waals surface area contributed by atoms with E-state index in [1.54, 1.807) is 6.08 Å². The summed E-state index contributed by atoms with van der Waals surface area (Å²) >= 11 is 0. The first-order chi connectivity index (χ1) is 26.7. The van der Waals surface area contributed by atoms with Gasteiger partial charge in [-0.15, -0.1) is 0 Å². The number of nitrogens with one attached hydrogen (secondary N) is 1. The van der Waals surface area contributed by atoms with E-state index in [0.29, 0.717) is 6.42 Å². The molecule has 54 heavy (non-hydrogen) atoms. The lowest BCUT2D eigenvalue weighted by atomic mass is 10.0. The number of allylic oxidation sites excluding steroid dienone is 5. The molecule has 0 rings (SSSR count). The SMILES string of the molecule is CCCCCCCCC/C=C\CCCCCCCC(=O)NC(CO)C(O)/C=C/CC/C=C/CCCCCCCCCCCCCCCCCCCCCC. The van der Waals surface area contributed by atoms with Crippen LogP contribution in [0.5, 0.6) is 0 Å². The van der Waals surface area contributed by atoms with Gasteiger partial charge in [-0.3, -0.25) is 4.79 Å². The molecule has 1 amide bonds. The fourth-order valence-corrected chi connectivity index (χ4v) is 7.37. The standard InChI is InChI=1S/C50H95NO3/c1-3-5-7-9-11-13-15-17-19-21-22-23-24-25-26-27-28-29-30-31-33-35-37-39-41-43-45-49(53)48(47-52)51-50(54)46-44-42-40-38-36-34-32-20-18-16-14-12-10-8-6-4-2/h20,32,35,37,43,45,48-49,52-53H,3-19,21-31,33-34,36,38-42,44,46-47H2,1-2H3,(H,51,54)/b32-20-,37-35+,45-43+. The molecule has 4 nitrogen and oxygen atoms in total. The minimum Gasteiger partial charge on any atom is -0.394 e. The Morgan fingerprint density at radius 2 is 0.722 bits per heavy atom. The average Bonchev–Trinajstić information content (AvgIpc) is 3.18. The molecule has 0 aliphatic rings. The number of aliphatic hydroxyl groups excluding tert-OH is 2. The van der Waals surface area contributed by atoms with Crippen molar-refractivity contribution in [3.63, 3.8) is 0 Å². The molecule has 0 aromatic heterocycles. The summed E-state index contributed by atoms with van der Waals surface area (Å²) in [5.41, 5.74) is 0. The number of aliphatic hydroxyl groups is 2. The van der Waals surface area contributed by atoms with E-state index in [0.717, 1.165) is 44.9 Å². The van der Waals surface area contributed by atoms with Crippen molar-refractivity contribution >= 4 is 5.91 Å². The molecule has 0 fully saturated rings. The normalized spacial score (nSPS) is 13.2. The van der Waals surface area contributed by atoms with Crippen molar-refractivity contribution in [3.05, 3.63) is 36.5 Å². The van der Waals surface area contributed by atoms with Gasteiger partial charge < -0.3 is 15.5 Å². The lowest BCUT2D eigenvalue weighted by Gasteiger charge is -2.19. The summed E-state index contributed by atoms with van der Waals surface area (Å²) < 4.78 is 0. The predicted octanol–water partition coefficient (Wildman–Crippen LogP) is 15.4. The Bertz CT molecular complexity index is 821. The number of unbranched alkanes of at least 4 members (excludes halogenated alkanes) is 33. The second-order valence-electron chi connectivity index (χ2n) is 16.5. The summed E-state index contributed by atoms with van der Waals surface area (Å²) in [7, 11) is 0. The highest BCUT2D eigenvalue weighted by molar-refractivity contribution is 5.76. The van der Waals surface area contributed by atoms with Crippen molar-refractivity contribution in [1.82, 2.24) is 5.32 Å². The summed E-state index contributed by atoms with van der Waals surface area (Å²) in [6.45, 7) is 4.31. The highest BCUT2D eigenvalue weighted by Gasteiger charge is 2.17. The highest BCUT2D eigenvalue weighted by Crippen LogP contribution is 2.16. The fraction of sp³-hybridized carbons (Fsp3) is 0.860. The summed E-state index contributed by atoms with van der Waals surface area (Å²) in [5.74, 6) is -0.0808. The van der Waals surface area contributed by atoms with Gasteiger partial charge >= 0.3 is 0 Å². The maximum absolute atomic E-state index is 12.4. The Labute approximate surface area is 338 Å². The van der Waals surface area contributed by atoms with Crippen LogP contribution in [-0.2, 0) is 4.79 Å². The van der Waals surface area contributed by atoms with Crippen LogP contribution < -0.4 is 5.32 Å². The van der Waals surface area contributed by atoms with E-state index in [4.69, 9.17) is 0 Å². The van der Waals surface area contributed by atoms with Gasteiger partial charge in [0.25, 0.3) is 0 Å². The van der Waals surface area contributed by atoms with Crippen LogP contribution in [0.2, 0.25) is 0 Å². The minimum absolute atomic E-state index is 0.0808. The Morgan fingerprint density at radius 1 is 0.426 bits per heavy atom. The zero-order valence-corrected chi connectivity index (χ0v) is 36.5. The van der Waals surface area contributed by atoms with Crippen molar-refractivity contribution in [1.29, 1.82) is 0 Å². The largest absolute Gasteiger partial charge is 0.394 e. The average molecular weight is 758 g/mol. The summed E-state index contributed by atoms with van der Waals surface area (Å²) in [5, 5.41) is 23.0. The van der Waals surface area contributed by atoms with Crippen LogP contribution in [0.1, 0.15) is 258 Å². The van der Waals surface area contributed by atoms with Crippen LogP contribution in [0.3, 0.4) is 0 Å². The lowest BCUT2D eigenvalue weighted by Crippen LogP contribution is -2.45. The molecule has 3 N–H and O–H groups in total. The van der Waals surface area contributed by atoms with Gasteiger partial charge in [-0.05, 0) is 57.8 Å². The number of carbonyl (C=O) groups excluding carboxylic acids is 1. The van der Waals surface area contributed by atoms with Gasteiger partial charge in [0.15, 0.2) is 0 Å². The molecule has 0 radical (unpaired) electrons. The third kappa shape index (κ3) is 41.8. The fourth-order valence-electron chi connectivity index (χ4n) is 7.37. The quantitative estimate of drug-likeness (QED) is 0.0428. The number of hydrogen-bond donors (Lipinski definition) is 3. The molecule has 0 aliphatic heterocycles. The van der Waals surface area contributed by atoms with E-state index < -0.39 is 12.1 Å². The molecule has 0 aliphatic carbocycles. The summed E-state index contributed by atoms with van der Waals surface area (Å²) in [6.07, 6.45) is 61.3. The van der Waals surface area contributed by atoms with Gasteiger partial charge in [-0.25, -0.2) is 0 Å². The van der Waals surface area contributed by atoms with E-state index >= 15 is 0 Å². The third-order valence-corrected chi connectivity index (χ3v) is 11.1. The predicted molar refractivity (Wildman–Crippen MR) is 239 cm³/mol. The van der Waals surface area contributed by atoms with E-state index in [1.807, 2.05) is 6.08 Å². The van der Waals surface area contributed by atoms with Crippen molar-refractivity contribution in [2.45, 2.75) is 270 Å². The Kier molecular flexibility index (Phi) is 44.8. The van der Waals surface area contributed by atoms with Gasteiger partial charge in [0.05, 0.1) is 18.8 Å². The number of rotatable bonds is 44. The molecule has 2 atom stereocenters. The topological polar surface area (TPSA) is 69.6 Å². The number of hydrogen-bond acceptors (Lipinski definition) is 3. The summed E-state index contributed by atoms with van der Waals surface area (Å²) in [4.78, 5) is 12.4. The molecule has 0 saturated heterocycles. The molecule has 4 heteroatoms. The first kappa shape index (κ1) is 52.6. The Hall–Kier alpha value is -1.39. The van der Waals surface area contributed by atoms with Crippen molar-refractivity contribution in [3.8, 4) is 0 Å². The molecular formula is C50H95NO3. The van der Waals surface area contributed by atoms with Crippen LogP contribution in [0.15, 0.2) is 36.5 Å². The first-order valence-corrected chi connectivity index (χ1v) is 24.2. The molecule has 0 saturated carbocycles. The van der Waals surface area contributed by atoms with E-state index in [-0.39, 0.29) is 12.5 Å². The second-order valence-corrected chi connectivity index (χ2v) is 16.5. The van der Waals surface area contributed by atoms with Gasteiger partial charge in [-0.1, -0.05) is 230 Å². The van der Waals surface area contributed by atoms with Crippen molar-refractivity contribution < 1.29 is 15.0 Å². The van der Waals surface area contributed by atoms with E-state index in [9.17, 15) is 15.0 Å². The molecule has 2 unspecified atom stereocenters. The molecule has 0 bridgehead atoms. The molecule has 318 valence electrons. The molecule has 0 heterocycles. The van der Waals surface area contributed by atoms with Crippen LogP contribution in [-0.4, -0.2) is 34.9 Å². The minimum atomic E-state index is -0.865. The monoisotopic (exact) mass is 758 g/mol. The van der Waals surface area contributed by atoms with Crippen LogP contribution >= 0.6 is 0 Å². The molecule has 0 spiro atoms. The highest BCUT2D eigenvalue weighted by atomic mass is 16.3. The first-order valence-electron chi connectivity index (χ1n) is 24.2. The number of amides is 1. The Morgan fingerprint density at radius 3 is 1.07 bits per heavy atom. The van der Waals surface area contributed by atoms with Gasteiger partial charge in [-0.2, -0.15) is 0 Å². The summed E-state index contributed by atoms with van der Waals surface area (Å²) in [6, 6.07) is -0.642. The van der Waals surface area contributed by atoms with Gasteiger partial charge in [0, 0.05) is 6.42 Å². The molecule has 0 aromatic carbocycles. The van der Waals surface area contributed by atoms with E-state index in [1.165, 1.54) is 193 Å². The lowest BCUT2D eigenvalue weighted by molar-refractivity contribution is -0.123. The molecule has 0 aromatic rings. The Balaban J connectivity index is 3.56. The third-order valence-electron chi connectivity index (χ3n) is 11.1. The van der Waals surface area contributed by atoms with Crippen molar-refractivity contribution in [2.24, 2.45) is 0 Å². The molecular weight excluding hydrogens is 663 g/mol. The number of carbonyl (C=O) groups is 1. The zero-order chi connectivity index (χ0) is 39.3. The second kappa shape index (κ2) is 46.0. The van der Waals surface area contributed by atoms with E-state index in [2.05, 4.69) is 43.5 Å². The maximum atomic E-state index is 12.4.